The van der Waals surface area contributed by atoms with Crippen LogP contribution < -0.4 is 15.4 Å². The fourth-order valence-corrected chi connectivity index (χ4v) is 1.69. The number of methoxy groups -OCH3 is 1. The predicted molar refractivity (Wildman–Crippen MR) is 85.6 cm³/mol. The van der Waals surface area contributed by atoms with Crippen LogP contribution in [-0.2, 0) is 9.47 Å². The Labute approximate surface area is 131 Å². The Morgan fingerprint density at radius 1 is 1.18 bits per heavy atom. The Kier molecular flexibility index (Phi) is 8.71. The summed E-state index contributed by atoms with van der Waals surface area (Å²) < 4.78 is 15.7. The minimum absolute atomic E-state index is 0.296. The van der Waals surface area contributed by atoms with Crippen molar-refractivity contribution in [2.75, 3.05) is 26.9 Å². The smallest absolute Gasteiger partial charge is 0.318 e. The summed E-state index contributed by atoms with van der Waals surface area (Å²) in [6.07, 6.45) is 2.95. The van der Waals surface area contributed by atoms with Gasteiger partial charge in [0.05, 0.1) is 13.7 Å². The highest BCUT2D eigenvalue weighted by Gasteiger charge is 2.08. The summed E-state index contributed by atoms with van der Waals surface area (Å²) in [5, 5.41) is 5.31. The molecule has 122 valence electrons. The number of ether oxygens (including phenoxy) is 3. The van der Waals surface area contributed by atoms with E-state index in [1.807, 2.05) is 38.1 Å². The molecule has 22 heavy (non-hydrogen) atoms. The summed E-state index contributed by atoms with van der Waals surface area (Å²) in [4.78, 5) is 11.6. The Bertz CT molecular complexity index is 454. The molecule has 1 aromatic carbocycles. The van der Waals surface area contributed by atoms with E-state index in [1.54, 1.807) is 19.4 Å². The van der Waals surface area contributed by atoms with Crippen LogP contribution in [0, 0.1) is 0 Å². The highest BCUT2D eigenvalue weighted by molar-refractivity contribution is 5.75. The second-order valence-electron chi connectivity index (χ2n) is 4.30. The van der Waals surface area contributed by atoms with Gasteiger partial charge in [-0.2, -0.15) is 0 Å². The van der Waals surface area contributed by atoms with Gasteiger partial charge in [-0.15, -0.1) is 0 Å². The van der Waals surface area contributed by atoms with Crippen LogP contribution in [0.5, 0.6) is 5.75 Å². The molecule has 0 unspecified atom stereocenters. The van der Waals surface area contributed by atoms with Crippen molar-refractivity contribution in [1.29, 1.82) is 0 Å². The molecule has 6 nitrogen and oxygen atoms in total. The molecule has 0 aliphatic carbocycles. The molecule has 0 saturated carbocycles. The summed E-state index contributed by atoms with van der Waals surface area (Å²) >= 11 is 0. The topological polar surface area (TPSA) is 68.8 Å². The fraction of sp³-hybridized carbons (Fsp3) is 0.438. The number of nitrogens with one attached hydrogen (secondary N) is 2. The average Bonchev–Trinajstić information content (AvgIpc) is 2.54. The number of hydrogen-bond acceptors (Lipinski definition) is 4. The monoisotopic (exact) mass is 308 g/mol. The van der Waals surface area contributed by atoms with E-state index in [1.165, 1.54) is 0 Å². The number of urea groups is 1. The zero-order valence-electron chi connectivity index (χ0n) is 13.3. The minimum Gasteiger partial charge on any atom is -0.497 e. The highest BCUT2D eigenvalue weighted by Crippen LogP contribution is 2.11. The molecule has 0 bridgehead atoms. The van der Waals surface area contributed by atoms with Crippen molar-refractivity contribution in [3.8, 4) is 5.75 Å². The lowest BCUT2D eigenvalue weighted by molar-refractivity contribution is -0.131. The molecule has 0 radical (unpaired) electrons. The summed E-state index contributed by atoms with van der Waals surface area (Å²) in [6, 6.07) is 7.20. The third-order valence-corrected chi connectivity index (χ3v) is 2.74. The van der Waals surface area contributed by atoms with Gasteiger partial charge in [0.2, 0.25) is 0 Å². The van der Waals surface area contributed by atoms with Gasteiger partial charge in [0.15, 0.2) is 6.29 Å². The first-order valence-corrected chi connectivity index (χ1v) is 7.27. The fourth-order valence-electron chi connectivity index (χ4n) is 1.69. The molecule has 1 rings (SSSR count). The quantitative estimate of drug-likeness (QED) is 0.687. The predicted octanol–water partition coefficient (Wildman–Crippen LogP) is 2.36. The zero-order chi connectivity index (χ0) is 16.2. The highest BCUT2D eigenvalue weighted by atomic mass is 16.7. The van der Waals surface area contributed by atoms with Gasteiger partial charge in [-0.1, -0.05) is 12.1 Å². The maximum atomic E-state index is 11.6. The van der Waals surface area contributed by atoms with Crippen LogP contribution in [0.15, 0.2) is 30.5 Å². The van der Waals surface area contributed by atoms with Crippen LogP contribution in [0.2, 0.25) is 0 Å². The van der Waals surface area contributed by atoms with Crippen molar-refractivity contribution in [3.05, 3.63) is 36.0 Å². The van der Waals surface area contributed by atoms with Crippen LogP contribution in [0.3, 0.4) is 0 Å². The van der Waals surface area contributed by atoms with Gasteiger partial charge in [0.25, 0.3) is 0 Å². The molecule has 0 heterocycles. The summed E-state index contributed by atoms with van der Waals surface area (Å²) in [7, 11) is 1.62. The lowest BCUT2D eigenvalue weighted by Gasteiger charge is -2.17. The molecular formula is C16H24N2O4. The maximum absolute atomic E-state index is 11.6. The van der Waals surface area contributed by atoms with E-state index in [0.29, 0.717) is 19.8 Å². The van der Waals surface area contributed by atoms with E-state index in [2.05, 4.69) is 10.6 Å². The molecule has 0 spiro atoms. The summed E-state index contributed by atoms with van der Waals surface area (Å²) in [6.45, 7) is 5.12. The van der Waals surface area contributed by atoms with E-state index < -0.39 is 6.29 Å². The van der Waals surface area contributed by atoms with Crippen LogP contribution in [0.4, 0.5) is 4.79 Å². The SMILES string of the molecule is CCOC(CNC(=O)N/C=C/c1ccc(OC)cc1)OCC. The first-order valence-electron chi connectivity index (χ1n) is 7.27. The van der Waals surface area contributed by atoms with E-state index in [-0.39, 0.29) is 6.03 Å². The van der Waals surface area contributed by atoms with Gasteiger partial charge in [-0.25, -0.2) is 4.79 Å². The third kappa shape index (κ3) is 7.10. The van der Waals surface area contributed by atoms with Crippen molar-refractivity contribution in [3.63, 3.8) is 0 Å². The number of carbonyl (C=O) groups is 1. The lowest BCUT2D eigenvalue weighted by atomic mass is 10.2. The van der Waals surface area contributed by atoms with Crippen LogP contribution in [0.1, 0.15) is 19.4 Å². The van der Waals surface area contributed by atoms with E-state index in [4.69, 9.17) is 14.2 Å². The minimum atomic E-state index is -0.425. The second-order valence-corrected chi connectivity index (χ2v) is 4.30. The summed E-state index contributed by atoms with van der Waals surface area (Å²) in [5.74, 6) is 0.792. The van der Waals surface area contributed by atoms with Gasteiger partial charge >= 0.3 is 6.03 Å². The van der Waals surface area contributed by atoms with Crippen molar-refractivity contribution >= 4 is 12.1 Å². The van der Waals surface area contributed by atoms with Crippen LogP contribution in [0.25, 0.3) is 6.08 Å². The molecule has 0 aliphatic rings. The number of benzene rings is 1. The molecule has 2 N–H and O–H groups in total. The average molecular weight is 308 g/mol. The molecule has 2 amide bonds. The number of hydrogen-bond donors (Lipinski definition) is 2. The molecule has 0 atom stereocenters. The van der Waals surface area contributed by atoms with Crippen molar-refractivity contribution < 1.29 is 19.0 Å². The lowest BCUT2D eigenvalue weighted by Crippen LogP contribution is -2.39. The molecule has 0 fully saturated rings. The molecule has 1 aromatic rings. The number of rotatable bonds is 9. The van der Waals surface area contributed by atoms with E-state index in [9.17, 15) is 4.79 Å². The Balaban J connectivity index is 2.33. The van der Waals surface area contributed by atoms with E-state index in [0.717, 1.165) is 11.3 Å². The van der Waals surface area contributed by atoms with Crippen molar-refractivity contribution in [1.82, 2.24) is 10.6 Å². The molecule has 6 heteroatoms. The van der Waals surface area contributed by atoms with Gasteiger partial charge in [0, 0.05) is 19.4 Å². The standard InChI is InChI=1S/C16H24N2O4/c1-4-21-15(22-5-2)12-18-16(19)17-11-10-13-6-8-14(20-3)9-7-13/h6-11,15H,4-5,12H2,1-3H3,(H2,17,18,19)/b11-10+. The maximum Gasteiger partial charge on any atom is 0.318 e. The summed E-state index contributed by atoms with van der Waals surface area (Å²) in [5.41, 5.74) is 0.961. The first-order chi connectivity index (χ1) is 10.7. The number of carbonyl (C=O) groups excluding carboxylic acids is 1. The normalized spacial score (nSPS) is 10.9. The third-order valence-electron chi connectivity index (χ3n) is 2.74. The van der Waals surface area contributed by atoms with Crippen molar-refractivity contribution in [2.24, 2.45) is 0 Å². The van der Waals surface area contributed by atoms with Gasteiger partial charge in [-0.05, 0) is 37.6 Å². The Morgan fingerprint density at radius 3 is 2.36 bits per heavy atom. The van der Waals surface area contributed by atoms with Gasteiger partial charge in [0.1, 0.15) is 5.75 Å². The van der Waals surface area contributed by atoms with Gasteiger partial charge < -0.3 is 24.8 Å². The van der Waals surface area contributed by atoms with Crippen LogP contribution >= 0.6 is 0 Å². The second kappa shape index (κ2) is 10.6. The molecular weight excluding hydrogens is 284 g/mol. The first kappa shape index (κ1) is 18.0. The molecule has 0 saturated heterocycles. The largest absolute Gasteiger partial charge is 0.497 e. The zero-order valence-corrected chi connectivity index (χ0v) is 13.3. The van der Waals surface area contributed by atoms with Crippen LogP contribution in [-0.4, -0.2) is 39.2 Å². The molecule has 0 aromatic heterocycles. The van der Waals surface area contributed by atoms with E-state index >= 15 is 0 Å². The van der Waals surface area contributed by atoms with Gasteiger partial charge in [-0.3, -0.25) is 0 Å². The van der Waals surface area contributed by atoms with Crippen molar-refractivity contribution in [2.45, 2.75) is 20.1 Å². The molecule has 0 aliphatic heterocycles. The number of amides is 2. The Morgan fingerprint density at radius 2 is 1.82 bits per heavy atom. The Hall–Kier alpha value is -2.05.